The second-order valence-corrected chi connectivity index (χ2v) is 7.19. The molecule has 1 N–H and O–H groups in total. The third-order valence-electron chi connectivity index (χ3n) is 3.36. The van der Waals surface area contributed by atoms with Crippen molar-refractivity contribution >= 4 is 17.6 Å². The molecule has 1 fully saturated rings. The zero-order valence-electron chi connectivity index (χ0n) is 12.4. The van der Waals surface area contributed by atoms with Gasteiger partial charge in [0, 0.05) is 42.9 Å². The number of hydrogen-bond acceptors (Lipinski definition) is 4. The van der Waals surface area contributed by atoms with Crippen LogP contribution in [-0.4, -0.2) is 35.1 Å². The van der Waals surface area contributed by atoms with E-state index in [2.05, 4.69) is 55.7 Å². The van der Waals surface area contributed by atoms with Crippen LogP contribution in [0.25, 0.3) is 0 Å². The van der Waals surface area contributed by atoms with E-state index in [4.69, 9.17) is 4.98 Å². The Kier molecular flexibility index (Phi) is 5.11. The molecule has 4 heteroatoms. The fraction of sp³-hybridized carbons (Fsp3) is 0.667. The second-order valence-electron chi connectivity index (χ2n) is 5.65. The van der Waals surface area contributed by atoms with E-state index >= 15 is 0 Å². The molecule has 1 aromatic heterocycles. The van der Waals surface area contributed by atoms with E-state index in [1.165, 1.54) is 22.7 Å². The van der Waals surface area contributed by atoms with Crippen LogP contribution in [0.4, 0.5) is 5.82 Å². The van der Waals surface area contributed by atoms with Gasteiger partial charge in [-0.3, -0.25) is 0 Å². The van der Waals surface area contributed by atoms with E-state index in [1.54, 1.807) is 0 Å². The van der Waals surface area contributed by atoms with Crippen molar-refractivity contribution in [2.75, 3.05) is 23.7 Å². The predicted octanol–water partition coefficient (Wildman–Crippen LogP) is 2.83. The van der Waals surface area contributed by atoms with Crippen molar-refractivity contribution < 1.29 is 0 Å². The van der Waals surface area contributed by atoms with Gasteiger partial charge in [0.25, 0.3) is 0 Å². The zero-order valence-corrected chi connectivity index (χ0v) is 13.3. The standard InChI is InChI=1S/C15H25N3S/c1-11(2)16-8-14-7-12(3)15(17-9-14)18-5-6-19-13(4)10-18/h7,9,11,13,16H,5-6,8,10H2,1-4H3. The first-order chi connectivity index (χ1) is 9.06. The van der Waals surface area contributed by atoms with Crippen molar-refractivity contribution in [3.63, 3.8) is 0 Å². The lowest BCUT2D eigenvalue weighted by Crippen LogP contribution is -2.37. The minimum atomic E-state index is 0.514. The summed E-state index contributed by atoms with van der Waals surface area (Å²) in [5, 5.41) is 4.14. The van der Waals surface area contributed by atoms with Gasteiger partial charge in [-0.1, -0.05) is 20.8 Å². The Morgan fingerprint density at radius 3 is 2.95 bits per heavy atom. The third-order valence-corrected chi connectivity index (χ3v) is 4.50. The first-order valence-corrected chi connectivity index (χ1v) is 8.16. The summed E-state index contributed by atoms with van der Waals surface area (Å²) < 4.78 is 0. The minimum Gasteiger partial charge on any atom is -0.354 e. The highest BCUT2D eigenvalue weighted by atomic mass is 32.2. The number of pyridine rings is 1. The average molecular weight is 279 g/mol. The maximum Gasteiger partial charge on any atom is 0.131 e. The van der Waals surface area contributed by atoms with E-state index in [0.29, 0.717) is 11.3 Å². The van der Waals surface area contributed by atoms with Crippen LogP contribution in [0.15, 0.2) is 12.3 Å². The molecule has 0 aromatic carbocycles. The second kappa shape index (κ2) is 6.62. The molecule has 106 valence electrons. The van der Waals surface area contributed by atoms with E-state index < -0.39 is 0 Å². The normalized spacial score (nSPS) is 20.1. The third kappa shape index (κ3) is 4.11. The summed E-state index contributed by atoms with van der Waals surface area (Å²) in [7, 11) is 0. The lowest BCUT2D eigenvalue weighted by Gasteiger charge is -2.32. The molecule has 0 radical (unpaired) electrons. The molecular weight excluding hydrogens is 254 g/mol. The van der Waals surface area contributed by atoms with E-state index in [9.17, 15) is 0 Å². The van der Waals surface area contributed by atoms with Gasteiger partial charge in [0.05, 0.1) is 0 Å². The average Bonchev–Trinajstić information content (AvgIpc) is 2.36. The minimum absolute atomic E-state index is 0.514. The number of anilines is 1. The van der Waals surface area contributed by atoms with Crippen LogP contribution < -0.4 is 10.2 Å². The van der Waals surface area contributed by atoms with Crippen LogP contribution in [0.3, 0.4) is 0 Å². The molecule has 0 spiro atoms. The molecule has 1 aromatic rings. The summed E-state index contributed by atoms with van der Waals surface area (Å²) >= 11 is 2.06. The van der Waals surface area contributed by atoms with Gasteiger partial charge in [-0.15, -0.1) is 0 Å². The van der Waals surface area contributed by atoms with E-state index in [1.807, 2.05) is 6.20 Å². The van der Waals surface area contributed by atoms with Gasteiger partial charge in [0.15, 0.2) is 0 Å². The van der Waals surface area contributed by atoms with Crippen LogP contribution in [0.5, 0.6) is 0 Å². The Bertz CT molecular complexity index is 420. The highest BCUT2D eigenvalue weighted by Crippen LogP contribution is 2.25. The molecule has 2 rings (SSSR count). The van der Waals surface area contributed by atoms with Crippen LogP contribution in [0.2, 0.25) is 0 Å². The first kappa shape index (κ1) is 14.7. The molecule has 1 aliphatic heterocycles. The highest BCUT2D eigenvalue weighted by molar-refractivity contribution is 8.00. The van der Waals surface area contributed by atoms with Crippen LogP contribution in [0.1, 0.15) is 31.9 Å². The number of rotatable bonds is 4. The van der Waals surface area contributed by atoms with Crippen LogP contribution in [0, 0.1) is 6.92 Å². The van der Waals surface area contributed by atoms with Gasteiger partial charge < -0.3 is 10.2 Å². The van der Waals surface area contributed by atoms with Crippen molar-refractivity contribution in [2.45, 2.75) is 45.5 Å². The van der Waals surface area contributed by atoms with E-state index in [0.717, 1.165) is 19.6 Å². The molecule has 1 saturated heterocycles. The van der Waals surface area contributed by atoms with Gasteiger partial charge in [-0.25, -0.2) is 4.98 Å². The fourth-order valence-corrected chi connectivity index (χ4v) is 3.40. The number of thioether (sulfide) groups is 1. The number of nitrogens with one attached hydrogen (secondary N) is 1. The Morgan fingerprint density at radius 2 is 2.32 bits per heavy atom. The molecule has 0 aliphatic carbocycles. The van der Waals surface area contributed by atoms with Gasteiger partial charge in [-0.05, 0) is 24.1 Å². The quantitative estimate of drug-likeness (QED) is 0.917. The largest absolute Gasteiger partial charge is 0.354 e. The maximum atomic E-state index is 4.69. The Labute approximate surface area is 121 Å². The lowest BCUT2D eigenvalue weighted by molar-refractivity contribution is 0.587. The summed E-state index contributed by atoms with van der Waals surface area (Å²) in [4.78, 5) is 7.12. The SMILES string of the molecule is Cc1cc(CNC(C)C)cnc1N1CCSC(C)C1. The Morgan fingerprint density at radius 1 is 1.53 bits per heavy atom. The molecule has 0 amide bonds. The van der Waals surface area contributed by atoms with Crippen molar-refractivity contribution in [3.05, 3.63) is 23.4 Å². The van der Waals surface area contributed by atoms with Gasteiger partial charge >= 0.3 is 0 Å². The van der Waals surface area contributed by atoms with Crippen molar-refractivity contribution in [3.8, 4) is 0 Å². The monoisotopic (exact) mass is 279 g/mol. The molecular formula is C15H25N3S. The summed E-state index contributed by atoms with van der Waals surface area (Å²) in [5.74, 6) is 2.37. The molecule has 1 unspecified atom stereocenters. The summed E-state index contributed by atoms with van der Waals surface area (Å²) in [5.41, 5.74) is 2.57. The Hall–Kier alpha value is -0.740. The van der Waals surface area contributed by atoms with E-state index in [-0.39, 0.29) is 0 Å². The number of aryl methyl sites for hydroxylation is 1. The lowest BCUT2D eigenvalue weighted by atomic mass is 10.2. The Balaban J connectivity index is 2.06. The molecule has 0 bridgehead atoms. The molecule has 1 aliphatic rings. The van der Waals surface area contributed by atoms with Crippen molar-refractivity contribution in [1.82, 2.24) is 10.3 Å². The fourth-order valence-electron chi connectivity index (χ4n) is 2.39. The van der Waals surface area contributed by atoms with Gasteiger partial charge in [0.1, 0.15) is 5.82 Å². The zero-order chi connectivity index (χ0) is 13.8. The van der Waals surface area contributed by atoms with Crippen LogP contribution >= 0.6 is 11.8 Å². The molecule has 1 atom stereocenters. The van der Waals surface area contributed by atoms with Gasteiger partial charge in [0.2, 0.25) is 0 Å². The molecule has 19 heavy (non-hydrogen) atoms. The van der Waals surface area contributed by atoms with Crippen molar-refractivity contribution in [1.29, 1.82) is 0 Å². The molecule has 3 nitrogen and oxygen atoms in total. The highest BCUT2D eigenvalue weighted by Gasteiger charge is 2.19. The number of hydrogen-bond donors (Lipinski definition) is 1. The van der Waals surface area contributed by atoms with Crippen molar-refractivity contribution in [2.24, 2.45) is 0 Å². The topological polar surface area (TPSA) is 28.2 Å². The summed E-state index contributed by atoms with van der Waals surface area (Å²) in [6.45, 7) is 11.9. The maximum absolute atomic E-state index is 4.69. The molecule has 2 heterocycles. The number of nitrogens with zero attached hydrogens (tertiary/aromatic N) is 2. The first-order valence-electron chi connectivity index (χ1n) is 7.11. The van der Waals surface area contributed by atoms with Crippen LogP contribution in [-0.2, 0) is 6.54 Å². The number of aromatic nitrogens is 1. The molecule has 0 saturated carbocycles. The van der Waals surface area contributed by atoms with Gasteiger partial charge in [-0.2, -0.15) is 11.8 Å². The predicted molar refractivity (Wildman–Crippen MR) is 85.1 cm³/mol. The smallest absolute Gasteiger partial charge is 0.131 e. The summed E-state index contributed by atoms with van der Waals surface area (Å²) in [6, 6.07) is 2.78. The summed E-state index contributed by atoms with van der Waals surface area (Å²) in [6.07, 6.45) is 2.02.